The number of nitrogens with zero attached hydrogens (tertiary/aromatic N) is 1. The van der Waals surface area contributed by atoms with Gasteiger partial charge in [0.05, 0.1) is 11.0 Å². The first-order valence-electron chi connectivity index (χ1n) is 4.47. The molecule has 0 aliphatic heterocycles. The second-order valence-electron chi connectivity index (χ2n) is 3.03. The van der Waals surface area contributed by atoms with E-state index in [1.165, 1.54) is 0 Å². The Kier molecular flexibility index (Phi) is 2.21. The Bertz CT molecular complexity index is 538. The quantitative estimate of drug-likeness (QED) is 0.728. The van der Waals surface area contributed by atoms with Gasteiger partial charge in [0, 0.05) is 6.42 Å². The summed E-state index contributed by atoms with van der Waals surface area (Å²) in [5, 5.41) is 0. The van der Waals surface area contributed by atoms with E-state index in [0.717, 1.165) is 11.0 Å². The lowest BCUT2D eigenvalue weighted by molar-refractivity contribution is 0.0912. The number of nitrogens with one attached hydrogen (secondary N) is 1. The highest BCUT2D eigenvalue weighted by molar-refractivity contribution is 7.71. The first kappa shape index (κ1) is 9.15. The van der Waals surface area contributed by atoms with Crippen molar-refractivity contribution in [2.24, 2.45) is 0 Å². The molecule has 14 heavy (non-hydrogen) atoms. The summed E-state index contributed by atoms with van der Waals surface area (Å²) in [5.41, 5.74) is 1.75. The molecule has 0 radical (unpaired) electrons. The van der Waals surface area contributed by atoms with Gasteiger partial charge in [-0.2, -0.15) is 0 Å². The van der Waals surface area contributed by atoms with Crippen LogP contribution in [0.3, 0.4) is 0 Å². The number of imidazole rings is 1. The van der Waals surface area contributed by atoms with Crippen LogP contribution in [-0.4, -0.2) is 15.5 Å². The van der Waals surface area contributed by atoms with E-state index in [4.69, 9.17) is 12.2 Å². The van der Waals surface area contributed by atoms with Gasteiger partial charge in [-0.25, -0.2) is 0 Å². The van der Waals surface area contributed by atoms with E-state index in [2.05, 4.69) is 4.98 Å². The highest BCUT2D eigenvalue weighted by atomic mass is 32.1. The Labute approximate surface area is 86.4 Å². The predicted molar refractivity (Wildman–Crippen MR) is 58.0 cm³/mol. The molecular formula is C10H10N2OS. The molecule has 1 N–H and O–H groups in total. The maximum Gasteiger partial charge on any atom is 0.233 e. The molecule has 1 aromatic heterocycles. The van der Waals surface area contributed by atoms with Crippen LogP contribution in [0.25, 0.3) is 11.0 Å². The first-order chi connectivity index (χ1) is 6.74. The number of hydrogen-bond acceptors (Lipinski definition) is 2. The summed E-state index contributed by atoms with van der Waals surface area (Å²) < 4.78 is 2.02. The number of hydrogen-bond donors (Lipinski definition) is 1. The maximum absolute atomic E-state index is 11.6. The summed E-state index contributed by atoms with van der Waals surface area (Å²) in [5.74, 6) is 0.0208. The van der Waals surface area contributed by atoms with Gasteiger partial charge in [-0.05, 0) is 24.4 Å². The minimum absolute atomic E-state index is 0.0208. The van der Waals surface area contributed by atoms with Crippen molar-refractivity contribution in [2.75, 3.05) is 0 Å². The molecule has 1 heterocycles. The Balaban J connectivity index is 2.81. The minimum atomic E-state index is 0.0208. The number of aromatic nitrogens is 2. The number of para-hydroxylation sites is 2. The summed E-state index contributed by atoms with van der Waals surface area (Å²) in [7, 11) is 0. The summed E-state index contributed by atoms with van der Waals surface area (Å²) in [6.45, 7) is 1.83. The average Bonchev–Trinajstić information content (AvgIpc) is 2.53. The molecular weight excluding hydrogens is 196 g/mol. The number of benzene rings is 1. The highest BCUT2D eigenvalue weighted by Crippen LogP contribution is 2.13. The zero-order chi connectivity index (χ0) is 10.1. The number of rotatable bonds is 1. The van der Waals surface area contributed by atoms with Gasteiger partial charge in [-0.3, -0.25) is 9.36 Å². The Morgan fingerprint density at radius 1 is 1.50 bits per heavy atom. The lowest BCUT2D eigenvalue weighted by Gasteiger charge is -1.98. The molecule has 72 valence electrons. The van der Waals surface area contributed by atoms with Crippen LogP contribution in [-0.2, 0) is 0 Å². The molecule has 0 amide bonds. The lowest BCUT2D eigenvalue weighted by atomic mass is 10.3. The van der Waals surface area contributed by atoms with E-state index in [1.54, 1.807) is 4.57 Å². The fourth-order valence-corrected chi connectivity index (χ4v) is 1.77. The normalized spacial score (nSPS) is 10.6. The van der Waals surface area contributed by atoms with Gasteiger partial charge < -0.3 is 4.98 Å². The Hall–Kier alpha value is -1.42. The molecule has 0 spiro atoms. The van der Waals surface area contributed by atoms with E-state index in [1.807, 2.05) is 31.2 Å². The maximum atomic E-state index is 11.6. The van der Waals surface area contributed by atoms with Crippen molar-refractivity contribution in [3.8, 4) is 0 Å². The van der Waals surface area contributed by atoms with Crippen molar-refractivity contribution in [3.63, 3.8) is 0 Å². The predicted octanol–water partition coefficient (Wildman–Crippen LogP) is 2.75. The van der Waals surface area contributed by atoms with E-state index < -0.39 is 0 Å². The molecule has 0 bridgehead atoms. The number of carbonyl (C=O) groups is 1. The number of fused-ring (bicyclic) bond motifs is 1. The smallest absolute Gasteiger partial charge is 0.233 e. The third-order valence-corrected chi connectivity index (χ3v) is 2.43. The van der Waals surface area contributed by atoms with Gasteiger partial charge in [0.1, 0.15) is 0 Å². The van der Waals surface area contributed by atoms with Crippen molar-refractivity contribution >= 4 is 29.2 Å². The molecule has 0 aliphatic carbocycles. The summed E-state index contributed by atoms with van der Waals surface area (Å²) in [4.78, 5) is 14.6. The summed E-state index contributed by atoms with van der Waals surface area (Å²) in [6.07, 6.45) is 0.455. The van der Waals surface area contributed by atoms with E-state index in [9.17, 15) is 4.79 Å². The second-order valence-corrected chi connectivity index (χ2v) is 3.42. The van der Waals surface area contributed by atoms with E-state index in [0.29, 0.717) is 11.2 Å². The molecule has 0 saturated carbocycles. The standard InChI is InChI=1S/C10H10N2OS/c1-2-9(13)12-8-6-4-3-5-7(8)11-10(12)14/h3-6H,2H2,1H3,(H,11,14). The molecule has 0 atom stereocenters. The third-order valence-electron chi connectivity index (χ3n) is 2.14. The topological polar surface area (TPSA) is 37.8 Å². The van der Waals surface area contributed by atoms with Crippen LogP contribution in [0.1, 0.15) is 18.1 Å². The molecule has 2 aromatic rings. The summed E-state index contributed by atoms with van der Waals surface area (Å²) >= 11 is 5.08. The van der Waals surface area contributed by atoms with Crippen molar-refractivity contribution in [2.45, 2.75) is 13.3 Å². The fraction of sp³-hybridized carbons (Fsp3) is 0.200. The van der Waals surface area contributed by atoms with Crippen LogP contribution >= 0.6 is 12.2 Å². The highest BCUT2D eigenvalue weighted by Gasteiger charge is 2.08. The van der Waals surface area contributed by atoms with Crippen LogP contribution in [0, 0.1) is 4.77 Å². The second kappa shape index (κ2) is 3.38. The van der Waals surface area contributed by atoms with Gasteiger partial charge in [-0.1, -0.05) is 19.1 Å². The van der Waals surface area contributed by atoms with Crippen molar-refractivity contribution in [3.05, 3.63) is 29.0 Å². The SMILES string of the molecule is CCC(=O)n1c(=S)[nH]c2ccccc21. The fourth-order valence-electron chi connectivity index (χ4n) is 1.46. The molecule has 1 aromatic carbocycles. The van der Waals surface area contributed by atoms with Crippen LogP contribution in [0.2, 0.25) is 0 Å². The average molecular weight is 206 g/mol. The van der Waals surface area contributed by atoms with Crippen molar-refractivity contribution in [1.82, 2.24) is 9.55 Å². The van der Waals surface area contributed by atoms with E-state index >= 15 is 0 Å². The monoisotopic (exact) mass is 206 g/mol. The Morgan fingerprint density at radius 2 is 2.21 bits per heavy atom. The number of carbonyl (C=O) groups excluding carboxylic acids is 1. The van der Waals surface area contributed by atoms with Crippen LogP contribution in [0.15, 0.2) is 24.3 Å². The van der Waals surface area contributed by atoms with Gasteiger partial charge in [0.2, 0.25) is 5.91 Å². The molecule has 3 nitrogen and oxygen atoms in total. The molecule has 4 heteroatoms. The molecule has 0 saturated heterocycles. The van der Waals surface area contributed by atoms with Gasteiger partial charge in [0.25, 0.3) is 0 Å². The van der Waals surface area contributed by atoms with Gasteiger partial charge in [-0.15, -0.1) is 0 Å². The third kappa shape index (κ3) is 1.28. The molecule has 0 fully saturated rings. The molecule has 0 aliphatic rings. The molecule has 0 unspecified atom stereocenters. The van der Waals surface area contributed by atoms with Crippen LogP contribution in [0.4, 0.5) is 0 Å². The minimum Gasteiger partial charge on any atom is -0.330 e. The van der Waals surface area contributed by atoms with Crippen molar-refractivity contribution in [1.29, 1.82) is 0 Å². The van der Waals surface area contributed by atoms with Crippen molar-refractivity contribution < 1.29 is 4.79 Å². The summed E-state index contributed by atoms with van der Waals surface area (Å²) in [6, 6.07) is 7.60. The zero-order valence-corrected chi connectivity index (χ0v) is 8.60. The zero-order valence-electron chi connectivity index (χ0n) is 7.78. The van der Waals surface area contributed by atoms with Gasteiger partial charge >= 0.3 is 0 Å². The van der Waals surface area contributed by atoms with Crippen LogP contribution < -0.4 is 0 Å². The number of aromatic amines is 1. The van der Waals surface area contributed by atoms with Gasteiger partial charge in [0.15, 0.2) is 4.77 Å². The van der Waals surface area contributed by atoms with E-state index in [-0.39, 0.29) is 5.91 Å². The Morgan fingerprint density at radius 3 is 2.93 bits per heavy atom. The molecule has 2 rings (SSSR count). The lowest BCUT2D eigenvalue weighted by Crippen LogP contribution is -2.08. The number of H-pyrrole nitrogens is 1. The largest absolute Gasteiger partial charge is 0.330 e. The first-order valence-corrected chi connectivity index (χ1v) is 4.88. The van der Waals surface area contributed by atoms with Crippen LogP contribution in [0.5, 0.6) is 0 Å².